The van der Waals surface area contributed by atoms with Crippen LogP contribution in [0, 0.1) is 24.3 Å². The van der Waals surface area contributed by atoms with Crippen LogP contribution in [-0.2, 0) is 9.63 Å². The van der Waals surface area contributed by atoms with Gasteiger partial charge in [0, 0.05) is 18.9 Å². The van der Waals surface area contributed by atoms with Crippen molar-refractivity contribution in [2.45, 2.75) is 39.4 Å². The quantitative estimate of drug-likeness (QED) is 0.168. The molecular formula is C27H29F3N7O2+. The number of halogens is 3. The Hall–Kier alpha value is -4.24. The molecular weight excluding hydrogens is 511 g/mol. The van der Waals surface area contributed by atoms with E-state index in [-0.39, 0.29) is 25.0 Å². The van der Waals surface area contributed by atoms with Gasteiger partial charge in [0.2, 0.25) is 0 Å². The number of aryl methyl sites for hydroxylation is 1. The van der Waals surface area contributed by atoms with Gasteiger partial charge in [-0.25, -0.2) is 15.1 Å². The standard InChI is InChI=1S/C27H29F3N7O2/c1-18(2)23-12-13-36(24-16-32-21-10-6-7-11-22(21)34-24)14-15-37(23,39-25(38)27(28,29)30)26(33-17-31)35-20-9-5-4-8-19(20)3/h4-11,16,18,23H,12-15H2,1-3H3,(H,33,35)/q+1. The number of nitriles is 1. The normalized spacial score (nSPS) is 20.4. The van der Waals surface area contributed by atoms with E-state index in [0.717, 1.165) is 5.56 Å². The minimum atomic E-state index is -5.25. The number of alkyl halides is 3. The lowest BCUT2D eigenvalue weighted by Crippen LogP contribution is -2.66. The smallest absolute Gasteiger partial charge is 0.349 e. The summed E-state index contributed by atoms with van der Waals surface area (Å²) in [5.74, 6) is -2.26. The average Bonchev–Trinajstić information content (AvgIpc) is 3.09. The van der Waals surface area contributed by atoms with Crippen molar-refractivity contribution in [2.75, 3.05) is 24.5 Å². The molecule has 1 aliphatic heterocycles. The first kappa shape index (κ1) is 27.8. The molecule has 12 heteroatoms. The molecule has 0 saturated carbocycles. The summed E-state index contributed by atoms with van der Waals surface area (Å²) in [5, 5.41) is 12.1. The van der Waals surface area contributed by atoms with E-state index in [1.54, 1.807) is 43.6 Å². The molecule has 3 aromatic rings. The predicted molar refractivity (Wildman–Crippen MR) is 139 cm³/mol. The van der Waals surface area contributed by atoms with E-state index < -0.39 is 22.8 Å². The van der Waals surface area contributed by atoms with Crippen molar-refractivity contribution >= 4 is 34.5 Å². The first-order valence-corrected chi connectivity index (χ1v) is 12.5. The number of carbonyl (C=O) groups excluding carboxylic acids is 1. The summed E-state index contributed by atoms with van der Waals surface area (Å²) in [7, 11) is 0. The molecule has 9 nitrogen and oxygen atoms in total. The van der Waals surface area contributed by atoms with Crippen molar-refractivity contribution in [1.29, 1.82) is 5.26 Å². The SMILES string of the molecule is Cc1ccccc1N=C(NC#N)[N+]1(OC(=O)C(F)(F)F)CCN(c2cnc3ccccc3n2)CCC1C(C)C. The fourth-order valence-corrected chi connectivity index (χ4v) is 4.87. The van der Waals surface area contributed by atoms with Crippen LogP contribution < -0.4 is 10.2 Å². The Balaban J connectivity index is 1.84. The Labute approximate surface area is 224 Å². The van der Waals surface area contributed by atoms with Crippen molar-refractivity contribution in [3.63, 3.8) is 0 Å². The predicted octanol–water partition coefficient (Wildman–Crippen LogP) is 4.77. The van der Waals surface area contributed by atoms with Gasteiger partial charge in [0.15, 0.2) is 6.19 Å². The van der Waals surface area contributed by atoms with E-state index in [9.17, 15) is 23.2 Å². The second-order valence-corrected chi connectivity index (χ2v) is 9.66. The number of benzene rings is 2. The first-order chi connectivity index (χ1) is 18.5. The number of nitrogens with one attached hydrogen (secondary N) is 1. The van der Waals surface area contributed by atoms with Gasteiger partial charge in [-0.1, -0.05) is 48.8 Å². The first-order valence-electron chi connectivity index (χ1n) is 12.5. The van der Waals surface area contributed by atoms with Crippen LogP contribution in [0.5, 0.6) is 0 Å². The lowest BCUT2D eigenvalue weighted by atomic mass is 9.99. The highest BCUT2D eigenvalue weighted by atomic mass is 19.4. The summed E-state index contributed by atoms with van der Waals surface area (Å²) in [4.78, 5) is 33.3. The highest BCUT2D eigenvalue weighted by molar-refractivity contribution is 5.81. The number of carbonyl (C=O) groups is 1. The number of hydrogen-bond donors (Lipinski definition) is 1. The molecule has 2 unspecified atom stereocenters. The molecule has 4 rings (SSSR count). The van der Waals surface area contributed by atoms with E-state index in [1.165, 1.54) is 0 Å². The molecule has 0 bridgehead atoms. The zero-order chi connectivity index (χ0) is 28.2. The molecule has 2 heterocycles. The zero-order valence-corrected chi connectivity index (χ0v) is 21.8. The lowest BCUT2D eigenvalue weighted by Gasteiger charge is -2.40. The number of para-hydroxylation sites is 3. The van der Waals surface area contributed by atoms with Crippen LogP contribution in [-0.4, -0.2) is 58.4 Å². The lowest BCUT2D eigenvalue weighted by molar-refractivity contribution is -1.04. The Morgan fingerprint density at radius 3 is 2.54 bits per heavy atom. The third kappa shape index (κ3) is 5.93. The summed E-state index contributed by atoms with van der Waals surface area (Å²) < 4.78 is 39.9. The maximum absolute atomic E-state index is 13.6. The summed E-state index contributed by atoms with van der Waals surface area (Å²) in [5.41, 5.74) is 2.56. The molecule has 2 atom stereocenters. The zero-order valence-electron chi connectivity index (χ0n) is 21.8. The number of aromatic nitrogens is 2. The van der Waals surface area contributed by atoms with Crippen molar-refractivity contribution < 1.29 is 27.4 Å². The van der Waals surface area contributed by atoms with Crippen LogP contribution in [0.3, 0.4) is 0 Å². The minimum Gasteiger partial charge on any atom is -0.349 e. The average molecular weight is 541 g/mol. The van der Waals surface area contributed by atoms with Crippen molar-refractivity contribution in [3.05, 3.63) is 60.3 Å². The van der Waals surface area contributed by atoms with Crippen molar-refractivity contribution in [2.24, 2.45) is 10.9 Å². The minimum absolute atomic E-state index is 0.126. The largest absolute Gasteiger partial charge is 0.497 e. The van der Waals surface area contributed by atoms with Crippen LogP contribution in [0.4, 0.5) is 24.7 Å². The second kappa shape index (κ2) is 11.2. The number of guanidine groups is 1. The molecule has 1 aromatic heterocycles. The van der Waals surface area contributed by atoms with Gasteiger partial charge in [0.1, 0.15) is 18.4 Å². The van der Waals surface area contributed by atoms with Crippen LogP contribution in [0.25, 0.3) is 11.0 Å². The number of aliphatic imine (C=N–C) groups is 1. The van der Waals surface area contributed by atoms with E-state index in [1.807, 2.05) is 43.0 Å². The van der Waals surface area contributed by atoms with E-state index in [2.05, 4.69) is 20.3 Å². The molecule has 1 fully saturated rings. The Bertz CT molecular complexity index is 1420. The van der Waals surface area contributed by atoms with Crippen molar-refractivity contribution in [3.8, 4) is 6.19 Å². The molecule has 0 spiro atoms. The van der Waals surface area contributed by atoms with Crippen molar-refractivity contribution in [1.82, 2.24) is 15.3 Å². The third-order valence-electron chi connectivity index (χ3n) is 6.81. The van der Waals surface area contributed by atoms with E-state index in [4.69, 9.17) is 4.84 Å². The maximum atomic E-state index is 13.6. The summed E-state index contributed by atoms with van der Waals surface area (Å²) in [6.45, 7) is 5.89. The number of quaternary nitrogens is 1. The molecule has 1 aliphatic rings. The molecule has 2 aromatic carbocycles. The number of anilines is 1. The summed E-state index contributed by atoms with van der Waals surface area (Å²) >= 11 is 0. The molecule has 1 saturated heterocycles. The van der Waals surface area contributed by atoms with Gasteiger partial charge in [-0.15, -0.1) is 0 Å². The topological polar surface area (TPSA) is 103 Å². The molecule has 204 valence electrons. The number of fused-ring (bicyclic) bond motifs is 1. The Kier molecular flexibility index (Phi) is 8.01. The van der Waals surface area contributed by atoms with E-state index >= 15 is 0 Å². The van der Waals surface area contributed by atoms with E-state index in [0.29, 0.717) is 35.5 Å². The van der Waals surface area contributed by atoms with Gasteiger partial charge < -0.3 is 4.90 Å². The number of hydrogen-bond acceptors (Lipinski definition) is 7. The Morgan fingerprint density at radius 2 is 1.87 bits per heavy atom. The molecule has 0 amide bonds. The Morgan fingerprint density at radius 1 is 1.18 bits per heavy atom. The monoisotopic (exact) mass is 540 g/mol. The third-order valence-corrected chi connectivity index (χ3v) is 6.81. The van der Waals surface area contributed by atoms with Gasteiger partial charge >= 0.3 is 18.1 Å². The fourth-order valence-electron chi connectivity index (χ4n) is 4.87. The molecule has 1 N–H and O–H groups in total. The summed E-state index contributed by atoms with van der Waals surface area (Å²) in [6, 6.07) is 13.7. The van der Waals surface area contributed by atoms with Gasteiger partial charge in [0.05, 0.1) is 29.5 Å². The highest BCUT2D eigenvalue weighted by Crippen LogP contribution is 2.33. The van der Waals surface area contributed by atoms with Gasteiger partial charge in [0.25, 0.3) is 0 Å². The van der Waals surface area contributed by atoms with Crippen LogP contribution in [0.1, 0.15) is 25.8 Å². The second-order valence-electron chi connectivity index (χ2n) is 9.66. The van der Waals surface area contributed by atoms with Gasteiger partial charge in [-0.2, -0.15) is 23.4 Å². The van der Waals surface area contributed by atoms with Crippen LogP contribution in [0.15, 0.2) is 59.7 Å². The summed E-state index contributed by atoms with van der Waals surface area (Å²) in [6.07, 6.45) is -1.54. The van der Waals surface area contributed by atoms with Crippen LogP contribution >= 0.6 is 0 Å². The highest BCUT2D eigenvalue weighted by Gasteiger charge is 2.56. The molecule has 39 heavy (non-hydrogen) atoms. The van der Waals surface area contributed by atoms with Gasteiger partial charge in [-0.05, 0) is 30.7 Å². The maximum Gasteiger partial charge on any atom is 0.497 e. The number of rotatable bonds is 3. The number of nitrogens with zero attached hydrogens (tertiary/aromatic N) is 6. The molecule has 0 aliphatic carbocycles. The number of hydroxylamine groups is 3. The van der Waals surface area contributed by atoms with Crippen LogP contribution in [0.2, 0.25) is 0 Å². The fraction of sp³-hybridized carbons (Fsp3) is 0.370. The molecule has 0 radical (unpaired) electrons. The van der Waals surface area contributed by atoms with Gasteiger partial charge in [-0.3, -0.25) is 9.82 Å².